The minimum absolute atomic E-state index is 0.382. The number of aromatic nitrogens is 2. The molecular weight excluding hydrogens is 233 g/mol. The van der Waals surface area contributed by atoms with Gasteiger partial charge in [0.05, 0.1) is 5.69 Å². The van der Waals surface area contributed by atoms with Crippen LogP contribution >= 0.6 is 0 Å². The van der Waals surface area contributed by atoms with Crippen molar-refractivity contribution in [3.63, 3.8) is 0 Å². The molecule has 1 aromatic rings. The molecule has 1 N–H and O–H groups in total. The zero-order valence-corrected chi connectivity index (χ0v) is 10.2. The fourth-order valence-corrected chi connectivity index (χ4v) is 1.33. The van der Waals surface area contributed by atoms with Crippen molar-refractivity contribution in [3.8, 4) is 0 Å². The lowest BCUT2D eigenvalue weighted by molar-refractivity contribution is -0.141. The highest BCUT2D eigenvalue weighted by Gasteiger charge is 2.34. The quantitative estimate of drug-likeness (QED) is 0.794. The van der Waals surface area contributed by atoms with Gasteiger partial charge in [-0.15, -0.1) is 0 Å². The summed E-state index contributed by atoms with van der Waals surface area (Å²) < 4.78 is 38.4. The molecule has 0 aromatic carbocycles. The molecule has 1 rings (SSSR count). The largest absolute Gasteiger partial charge is 0.435 e. The highest BCUT2D eigenvalue weighted by molar-refractivity contribution is 5.12. The van der Waals surface area contributed by atoms with E-state index in [9.17, 15) is 13.2 Å². The molecule has 0 aliphatic carbocycles. The fourth-order valence-electron chi connectivity index (χ4n) is 1.33. The van der Waals surface area contributed by atoms with E-state index in [2.05, 4.69) is 10.4 Å². The van der Waals surface area contributed by atoms with Crippen LogP contribution in [0.3, 0.4) is 0 Å². The van der Waals surface area contributed by atoms with E-state index >= 15 is 0 Å². The molecule has 0 fully saturated rings. The van der Waals surface area contributed by atoms with Crippen LogP contribution in [-0.2, 0) is 19.8 Å². The molecule has 4 nitrogen and oxygen atoms in total. The molecule has 0 atom stereocenters. The van der Waals surface area contributed by atoms with Gasteiger partial charge in [0.15, 0.2) is 5.69 Å². The van der Waals surface area contributed by atoms with Gasteiger partial charge >= 0.3 is 6.18 Å². The Morgan fingerprint density at radius 1 is 1.41 bits per heavy atom. The van der Waals surface area contributed by atoms with Gasteiger partial charge in [-0.2, -0.15) is 18.3 Å². The van der Waals surface area contributed by atoms with Crippen molar-refractivity contribution in [1.82, 2.24) is 20.0 Å². The van der Waals surface area contributed by atoms with Crippen molar-refractivity contribution in [2.24, 2.45) is 7.05 Å². The van der Waals surface area contributed by atoms with Crippen LogP contribution in [0.5, 0.6) is 0 Å². The number of rotatable bonds is 5. The summed E-state index contributed by atoms with van der Waals surface area (Å²) >= 11 is 0. The minimum Gasteiger partial charge on any atom is -0.310 e. The van der Waals surface area contributed by atoms with Gasteiger partial charge in [0, 0.05) is 26.7 Å². The molecule has 0 amide bonds. The monoisotopic (exact) mass is 250 g/mol. The smallest absolute Gasteiger partial charge is 0.310 e. The normalized spacial score (nSPS) is 12.4. The lowest BCUT2D eigenvalue weighted by Gasteiger charge is -2.10. The number of halogens is 3. The molecule has 0 saturated carbocycles. The van der Waals surface area contributed by atoms with E-state index in [0.29, 0.717) is 12.2 Å². The number of hydrogen-bond acceptors (Lipinski definition) is 3. The number of aryl methyl sites for hydroxylation is 1. The molecule has 0 aliphatic rings. The van der Waals surface area contributed by atoms with Gasteiger partial charge in [-0.1, -0.05) is 0 Å². The van der Waals surface area contributed by atoms with E-state index in [1.807, 2.05) is 19.0 Å². The Morgan fingerprint density at radius 3 is 2.53 bits per heavy atom. The van der Waals surface area contributed by atoms with Crippen molar-refractivity contribution in [2.75, 3.05) is 27.2 Å². The van der Waals surface area contributed by atoms with Crippen molar-refractivity contribution in [3.05, 3.63) is 17.5 Å². The number of nitrogens with one attached hydrogen (secondary N) is 1. The van der Waals surface area contributed by atoms with Crippen molar-refractivity contribution in [2.45, 2.75) is 12.7 Å². The summed E-state index contributed by atoms with van der Waals surface area (Å²) in [5.74, 6) is 0. The molecule has 0 spiro atoms. The van der Waals surface area contributed by atoms with E-state index in [1.165, 1.54) is 11.7 Å². The maximum Gasteiger partial charge on any atom is 0.435 e. The zero-order chi connectivity index (χ0) is 13.1. The topological polar surface area (TPSA) is 33.1 Å². The summed E-state index contributed by atoms with van der Waals surface area (Å²) in [4.78, 5) is 2.00. The van der Waals surface area contributed by atoms with Gasteiger partial charge < -0.3 is 10.2 Å². The van der Waals surface area contributed by atoms with Crippen LogP contribution in [0.15, 0.2) is 6.07 Å². The van der Waals surface area contributed by atoms with Crippen molar-refractivity contribution in [1.29, 1.82) is 0 Å². The van der Waals surface area contributed by atoms with Crippen LogP contribution in [-0.4, -0.2) is 41.9 Å². The molecule has 98 valence electrons. The second-order valence-electron chi connectivity index (χ2n) is 4.12. The van der Waals surface area contributed by atoms with Crippen LogP contribution in [0, 0.1) is 0 Å². The summed E-state index contributed by atoms with van der Waals surface area (Å²) in [5, 5.41) is 6.51. The predicted molar refractivity (Wildman–Crippen MR) is 58.5 cm³/mol. The van der Waals surface area contributed by atoms with Gasteiger partial charge in [-0.25, -0.2) is 0 Å². The van der Waals surface area contributed by atoms with Crippen LogP contribution in [0.1, 0.15) is 11.4 Å². The molecule has 0 saturated heterocycles. The molecule has 7 heteroatoms. The molecule has 17 heavy (non-hydrogen) atoms. The van der Waals surface area contributed by atoms with Crippen LogP contribution < -0.4 is 5.32 Å². The Kier molecular flexibility index (Phi) is 4.53. The lowest BCUT2D eigenvalue weighted by Crippen LogP contribution is -2.26. The van der Waals surface area contributed by atoms with Gasteiger partial charge in [0.1, 0.15) is 0 Å². The third-order valence-corrected chi connectivity index (χ3v) is 2.31. The lowest BCUT2D eigenvalue weighted by atomic mass is 10.3. The second kappa shape index (κ2) is 5.50. The maximum absolute atomic E-state index is 12.4. The van der Waals surface area contributed by atoms with Crippen LogP contribution in [0.4, 0.5) is 13.2 Å². The highest BCUT2D eigenvalue weighted by atomic mass is 19.4. The van der Waals surface area contributed by atoms with Crippen molar-refractivity contribution >= 4 is 0 Å². The van der Waals surface area contributed by atoms with Gasteiger partial charge in [0.2, 0.25) is 0 Å². The highest BCUT2D eigenvalue weighted by Crippen LogP contribution is 2.28. The summed E-state index contributed by atoms with van der Waals surface area (Å²) in [6.45, 7) is 1.94. The summed E-state index contributed by atoms with van der Waals surface area (Å²) in [5.41, 5.74) is -0.319. The van der Waals surface area contributed by atoms with E-state index in [0.717, 1.165) is 19.2 Å². The van der Waals surface area contributed by atoms with Gasteiger partial charge in [-0.3, -0.25) is 4.68 Å². The molecular formula is C10H17F3N4. The average Bonchev–Trinajstić information content (AvgIpc) is 2.54. The average molecular weight is 250 g/mol. The van der Waals surface area contributed by atoms with E-state index < -0.39 is 11.9 Å². The number of alkyl halides is 3. The number of hydrogen-bond donors (Lipinski definition) is 1. The zero-order valence-electron chi connectivity index (χ0n) is 10.2. The van der Waals surface area contributed by atoms with E-state index in [1.54, 1.807) is 0 Å². The maximum atomic E-state index is 12.4. The Balaban J connectivity index is 2.52. The predicted octanol–water partition coefficient (Wildman–Crippen LogP) is 1.09. The molecule has 0 radical (unpaired) electrons. The Hall–Kier alpha value is -1.08. The van der Waals surface area contributed by atoms with Crippen molar-refractivity contribution < 1.29 is 13.2 Å². The van der Waals surface area contributed by atoms with Crippen LogP contribution in [0.2, 0.25) is 0 Å². The Morgan fingerprint density at radius 2 is 2.06 bits per heavy atom. The van der Waals surface area contributed by atoms with Gasteiger partial charge in [0.25, 0.3) is 0 Å². The molecule has 1 heterocycles. The standard InChI is InChI=1S/C10H17F3N4/c1-16(2)5-4-14-7-8-6-9(10(11,12)13)15-17(8)3/h6,14H,4-5,7H2,1-3H3. The number of likely N-dealkylation sites (N-methyl/N-ethyl adjacent to an activating group) is 1. The Bertz CT molecular complexity index is 357. The summed E-state index contributed by atoms with van der Waals surface area (Å²) in [6.07, 6.45) is -4.38. The van der Waals surface area contributed by atoms with Gasteiger partial charge in [-0.05, 0) is 20.2 Å². The molecule has 0 aliphatic heterocycles. The summed E-state index contributed by atoms with van der Waals surface area (Å²) in [6, 6.07) is 1.07. The molecule has 1 aromatic heterocycles. The minimum atomic E-state index is -4.38. The fraction of sp³-hybridized carbons (Fsp3) is 0.700. The Labute approximate surface area is 98.4 Å². The number of nitrogens with zero attached hydrogens (tertiary/aromatic N) is 3. The van der Waals surface area contributed by atoms with Crippen LogP contribution in [0.25, 0.3) is 0 Å². The second-order valence-corrected chi connectivity index (χ2v) is 4.12. The first kappa shape index (κ1) is 14.0. The summed E-state index contributed by atoms with van der Waals surface area (Å²) in [7, 11) is 5.39. The first-order valence-electron chi connectivity index (χ1n) is 5.26. The first-order chi connectivity index (χ1) is 7.80. The molecule has 0 bridgehead atoms. The van der Waals surface area contributed by atoms with E-state index in [4.69, 9.17) is 0 Å². The third-order valence-electron chi connectivity index (χ3n) is 2.31. The first-order valence-corrected chi connectivity index (χ1v) is 5.26. The molecule has 0 unspecified atom stereocenters. The SMILES string of the molecule is CN(C)CCNCc1cc(C(F)(F)F)nn1C. The third kappa shape index (κ3) is 4.35. The van der Waals surface area contributed by atoms with E-state index in [-0.39, 0.29) is 0 Å².